The normalized spacial score (nSPS) is 11.1. The number of nitrogens with zero attached hydrogens (tertiary/aromatic N) is 2. The lowest BCUT2D eigenvalue weighted by atomic mass is 10.0. The second-order valence-electron chi connectivity index (χ2n) is 5.71. The molecule has 0 fully saturated rings. The van der Waals surface area contributed by atoms with Gasteiger partial charge in [0.2, 0.25) is 5.43 Å². The van der Waals surface area contributed by atoms with E-state index in [1.165, 1.54) is 13.8 Å². The molecule has 0 aliphatic carbocycles. The van der Waals surface area contributed by atoms with Crippen molar-refractivity contribution in [1.29, 1.82) is 0 Å². The third kappa shape index (κ3) is 2.48. The number of anilines is 1. The van der Waals surface area contributed by atoms with E-state index in [2.05, 4.69) is 4.98 Å². The molecule has 0 aliphatic rings. The van der Waals surface area contributed by atoms with E-state index in [0.717, 1.165) is 16.8 Å². The van der Waals surface area contributed by atoms with Gasteiger partial charge in [0.1, 0.15) is 11.4 Å². The maximum atomic E-state index is 14.3. The highest BCUT2D eigenvalue weighted by Gasteiger charge is 2.22. The van der Waals surface area contributed by atoms with Crippen molar-refractivity contribution in [2.24, 2.45) is 0 Å². The largest absolute Gasteiger partial charge is 0.477 e. The lowest BCUT2D eigenvalue weighted by Crippen LogP contribution is -2.20. The molecule has 2 heterocycles. The highest BCUT2D eigenvalue weighted by Crippen LogP contribution is 2.27. The molecule has 0 amide bonds. The number of nitrogens with two attached hydrogens (primary N) is 1. The van der Waals surface area contributed by atoms with Crippen molar-refractivity contribution in [2.75, 3.05) is 5.73 Å². The monoisotopic (exact) mass is 363 g/mol. The highest BCUT2D eigenvalue weighted by atomic mass is 19.1. The molecule has 3 aromatic rings. The summed E-state index contributed by atoms with van der Waals surface area (Å²) in [6, 6.07) is 1.38. The number of nitrogen functional groups attached to an aromatic ring is 1. The van der Waals surface area contributed by atoms with Crippen LogP contribution < -0.4 is 11.2 Å². The van der Waals surface area contributed by atoms with Gasteiger partial charge in [0.25, 0.3) is 0 Å². The van der Waals surface area contributed by atoms with Gasteiger partial charge in [-0.3, -0.25) is 9.36 Å². The Kier molecular flexibility index (Phi) is 3.94. The maximum absolute atomic E-state index is 14.3. The first-order chi connectivity index (χ1) is 12.1. The van der Waals surface area contributed by atoms with Gasteiger partial charge < -0.3 is 10.8 Å². The van der Waals surface area contributed by atoms with Crippen LogP contribution in [0.2, 0.25) is 0 Å². The number of benzene rings is 1. The topological polar surface area (TPSA) is 98.2 Å². The zero-order valence-corrected chi connectivity index (χ0v) is 13.6. The Labute approximate surface area is 144 Å². The minimum atomic E-state index is -1.58. The van der Waals surface area contributed by atoms with Crippen LogP contribution in [-0.2, 0) is 0 Å². The third-order valence-corrected chi connectivity index (χ3v) is 4.19. The molecule has 0 atom stereocenters. The fraction of sp³-hybridized carbons (Fsp3) is 0.118. The van der Waals surface area contributed by atoms with Crippen LogP contribution in [0, 0.1) is 31.3 Å². The fourth-order valence-corrected chi connectivity index (χ4v) is 2.70. The first-order valence-electron chi connectivity index (χ1n) is 7.33. The molecular formula is C17H12F3N3O3. The molecule has 3 rings (SSSR count). The lowest BCUT2D eigenvalue weighted by molar-refractivity contribution is 0.0695. The summed E-state index contributed by atoms with van der Waals surface area (Å²) in [5.41, 5.74) is 4.25. The Morgan fingerprint density at radius 2 is 1.77 bits per heavy atom. The highest BCUT2D eigenvalue weighted by molar-refractivity contribution is 5.94. The summed E-state index contributed by atoms with van der Waals surface area (Å²) >= 11 is 0. The van der Waals surface area contributed by atoms with Crippen molar-refractivity contribution >= 4 is 22.7 Å². The number of hydrogen-bond acceptors (Lipinski definition) is 4. The van der Waals surface area contributed by atoms with E-state index in [1.54, 1.807) is 0 Å². The van der Waals surface area contributed by atoms with Gasteiger partial charge in [-0.15, -0.1) is 0 Å². The maximum Gasteiger partial charge on any atom is 0.341 e. The summed E-state index contributed by atoms with van der Waals surface area (Å²) in [7, 11) is 0. The smallest absolute Gasteiger partial charge is 0.341 e. The number of rotatable bonds is 2. The molecule has 134 valence electrons. The third-order valence-electron chi connectivity index (χ3n) is 4.19. The number of fused-ring (bicyclic) bond motifs is 1. The van der Waals surface area contributed by atoms with Crippen molar-refractivity contribution in [2.45, 2.75) is 13.8 Å². The van der Waals surface area contributed by atoms with Gasteiger partial charge in [0.15, 0.2) is 23.3 Å². The Hall–Kier alpha value is -3.36. The average Bonchev–Trinajstić information content (AvgIpc) is 2.57. The van der Waals surface area contributed by atoms with Gasteiger partial charge >= 0.3 is 5.97 Å². The number of carboxylic acids is 1. The predicted molar refractivity (Wildman–Crippen MR) is 88.1 cm³/mol. The zero-order valence-electron chi connectivity index (χ0n) is 13.6. The van der Waals surface area contributed by atoms with E-state index in [4.69, 9.17) is 5.73 Å². The molecule has 0 saturated heterocycles. The Morgan fingerprint density at radius 3 is 2.38 bits per heavy atom. The van der Waals surface area contributed by atoms with Gasteiger partial charge in [-0.05, 0) is 31.0 Å². The number of halogens is 3. The molecule has 2 aromatic heterocycles. The minimum absolute atomic E-state index is 0.0521. The minimum Gasteiger partial charge on any atom is -0.477 e. The van der Waals surface area contributed by atoms with E-state index in [9.17, 15) is 27.9 Å². The van der Waals surface area contributed by atoms with Crippen LogP contribution in [0.1, 0.15) is 21.5 Å². The van der Waals surface area contributed by atoms with E-state index in [0.29, 0.717) is 6.07 Å². The van der Waals surface area contributed by atoms with Crippen LogP contribution in [0.15, 0.2) is 23.1 Å². The second kappa shape index (κ2) is 5.87. The molecule has 0 bridgehead atoms. The fourth-order valence-electron chi connectivity index (χ4n) is 2.70. The summed E-state index contributed by atoms with van der Waals surface area (Å²) in [5, 5.41) is 8.98. The van der Waals surface area contributed by atoms with Gasteiger partial charge in [0.05, 0.1) is 10.9 Å². The molecular weight excluding hydrogens is 351 g/mol. The van der Waals surface area contributed by atoms with Crippen molar-refractivity contribution in [1.82, 2.24) is 9.55 Å². The van der Waals surface area contributed by atoms with E-state index >= 15 is 0 Å². The number of hydrogen-bond donors (Lipinski definition) is 2. The standard InChI is InChI=1S/C17H12F3N3O3/c1-6-7(2)13-8(3-10(6)18)14(24)9(17(25)26)5-23(13)16-12(20)4-11(19)15(21)22-16/h3-5H,1-2H3,(H2,21,22)(H,25,26). The molecule has 0 aliphatic heterocycles. The molecule has 0 saturated carbocycles. The van der Waals surface area contributed by atoms with Gasteiger partial charge in [-0.1, -0.05) is 0 Å². The molecule has 26 heavy (non-hydrogen) atoms. The van der Waals surface area contributed by atoms with Crippen molar-refractivity contribution in [3.63, 3.8) is 0 Å². The van der Waals surface area contributed by atoms with Crippen molar-refractivity contribution < 1.29 is 23.1 Å². The van der Waals surface area contributed by atoms with Crippen LogP contribution in [0.5, 0.6) is 0 Å². The Morgan fingerprint density at radius 1 is 1.12 bits per heavy atom. The first-order valence-corrected chi connectivity index (χ1v) is 7.33. The molecule has 9 heteroatoms. The van der Waals surface area contributed by atoms with Crippen molar-refractivity contribution in [3.8, 4) is 5.82 Å². The summed E-state index contributed by atoms with van der Waals surface area (Å²) in [4.78, 5) is 27.4. The molecule has 0 unspecified atom stereocenters. The van der Waals surface area contributed by atoms with Crippen LogP contribution in [0.25, 0.3) is 16.7 Å². The summed E-state index contributed by atoms with van der Waals surface area (Å²) < 4.78 is 42.8. The number of carbonyl (C=O) groups is 1. The quantitative estimate of drug-likeness (QED) is 0.729. The summed E-state index contributed by atoms with van der Waals surface area (Å²) in [6.07, 6.45) is 0.861. The number of aryl methyl sites for hydroxylation is 1. The second-order valence-corrected chi connectivity index (χ2v) is 5.71. The summed E-state index contributed by atoms with van der Waals surface area (Å²) in [6.45, 7) is 2.94. The van der Waals surface area contributed by atoms with E-state index < -0.39 is 46.0 Å². The van der Waals surface area contributed by atoms with Gasteiger partial charge in [-0.25, -0.2) is 22.9 Å². The average molecular weight is 363 g/mol. The number of carboxylic acid groups (broad SMARTS) is 1. The molecule has 6 nitrogen and oxygen atoms in total. The molecule has 0 radical (unpaired) electrons. The van der Waals surface area contributed by atoms with Crippen LogP contribution in [-0.4, -0.2) is 20.6 Å². The van der Waals surface area contributed by atoms with E-state index in [-0.39, 0.29) is 22.0 Å². The predicted octanol–water partition coefficient (Wildman–Crippen LogP) is 2.70. The molecule has 1 aromatic carbocycles. The van der Waals surface area contributed by atoms with Crippen LogP contribution in [0.4, 0.5) is 19.0 Å². The lowest BCUT2D eigenvalue weighted by Gasteiger charge is -2.16. The summed E-state index contributed by atoms with van der Waals surface area (Å²) in [5.74, 6) is -5.63. The van der Waals surface area contributed by atoms with Gasteiger partial charge in [0, 0.05) is 12.3 Å². The molecule has 3 N–H and O–H groups in total. The number of aromatic carboxylic acids is 1. The number of aromatic nitrogens is 2. The number of pyridine rings is 2. The van der Waals surface area contributed by atoms with Crippen LogP contribution >= 0.6 is 0 Å². The Balaban J connectivity index is 2.59. The molecule has 0 spiro atoms. The SMILES string of the molecule is Cc1c(F)cc2c(=O)c(C(=O)O)cn(-c3nc(N)c(F)cc3F)c2c1C. The first kappa shape index (κ1) is 17.5. The van der Waals surface area contributed by atoms with Crippen LogP contribution in [0.3, 0.4) is 0 Å². The van der Waals surface area contributed by atoms with Crippen molar-refractivity contribution in [3.05, 3.63) is 62.7 Å². The van der Waals surface area contributed by atoms with Gasteiger partial charge in [-0.2, -0.15) is 0 Å². The Bertz CT molecular complexity index is 1160. The zero-order chi connectivity index (χ0) is 19.3. The van der Waals surface area contributed by atoms with E-state index in [1.807, 2.05) is 0 Å².